The maximum atomic E-state index is 13.0. The molecule has 1 atom stereocenters. The van der Waals surface area contributed by atoms with E-state index in [1.54, 1.807) is 23.1 Å². The molecule has 2 heterocycles. The predicted octanol–water partition coefficient (Wildman–Crippen LogP) is 2.74. The Bertz CT molecular complexity index is 760. The van der Waals surface area contributed by atoms with Crippen molar-refractivity contribution < 1.29 is 9.59 Å². The molecule has 160 valence electrons. The number of hydrogen-bond donors (Lipinski definition) is 2. The number of benzene rings is 1. The normalized spacial score (nSPS) is 21.2. The van der Waals surface area contributed by atoms with Gasteiger partial charge in [0.1, 0.15) is 0 Å². The molecule has 7 nitrogen and oxygen atoms in total. The van der Waals surface area contributed by atoms with Crippen LogP contribution in [0, 0.1) is 0 Å². The van der Waals surface area contributed by atoms with E-state index >= 15 is 0 Å². The monoisotopic (exact) mass is 441 g/mol. The van der Waals surface area contributed by atoms with Gasteiger partial charge in [-0.15, -0.1) is 0 Å². The van der Waals surface area contributed by atoms with Gasteiger partial charge in [-0.3, -0.25) is 9.69 Å². The van der Waals surface area contributed by atoms with E-state index in [1.165, 1.54) is 0 Å². The van der Waals surface area contributed by atoms with Crippen molar-refractivity contribution in [1.82, 2.24) is 20.0 Å². The summed E-state index contributed by atoms with van der Waals surface area (Å²) in [4.78, 5) is 31.4. The Kier molecular flexibility index (Phi) is 6.94. The summed E-state index contributed by atoms with van der Waals surface area (Å²) in [7, 11) is 0. The zero-order valence-corrected chi connectivity index (χ0v) is 18.7. The Balaban J connectivity index is 1.51. The molecule has 1 aromatic carbocycles. The summed E-state index contributed by atoms with van der Waals surface area (Å²) >= 11 is 11.9. The minimum Gasteiger partial charge on any atom is -0.338 e. The first-order valence-corrected chi connectivity index (χ1v) is 10.7. The molecule has 3 amide bonds. The third-order valence-electron chi connectivity index (χ3n) is 5.47. The number of amides is 3. The fraction of sp³-hybridized carbons (Fsp3) is 0.600. The van der Waals surface area contributed by atoms with Crippen molar-refractivity contribution in [3.05, 3.63) is 28.2 Å². The minimum absolute atomic E-state index is 0.0436. The molecular weight excluding hydrogens is 413 g/mol. The molecule has 2 saturated heterocycles. The smallest absolute Gasteiger partial charge is 0.321 e. The molecule has 0 spiro atoms. The second-order valence-corrected chi connectivity index (χ2v) is 9.31. The number of carbonyl (C=O) groups is 2. The number of urea groups is 1. The van der Waals surface area contributed by atoms with Gasteiger partial charge in [0.25, 0.3) is 0 Å². The number of anilines is 1. The van der Waals surface area contributed by atoms with E-state index in [0.29, 0.717) is 48.5 Å². The predicted molar refractivity (Wildman–Crippen MR) is 117 cm³/mol. The molecule has 2 aliphatic rings. The van der Waals surface area contributed by atoms with Crippen molar-refractivity contribution in [2.75, 3.05) is 51.1 Å². The van der Waals surface area contributed by atoms with Crippen molar-refractivity contribution in [2.24, 2.45) is 0 Å². The van der Waals surface area contributed by atoms with Crippen LogP contribution in [0.2, 0.25) is 10.0 Å². The summed E-state index contributed by atoms with van der Waals surface area (Å²) in [6.07, 6.45) is 0. The van der Waals surface area contributed by atoms with E-state index in [2.05, 4.69) is 36.3 Å². The summed E-state index contributed by atoms with van der Waals surface area (Å²) in [5.41, 5.74) is 0.638. The summed E-state index contributed by atoms with van der Waals surface area (Å²) in [5, 5.41) is 7.01. The Morgan fingerprint density at radius 2 is 1.69 bits per heavy atom. The molecule has 2 N–H and O–H groups in total. The molecule has 9 heteroatoms. The maximum absolute atomic E-state index is 13.0. The first kappa shape index (κ1) is 22.2. The topological polar surface area (TPSA) is 67.9 Å². The molecule has 2 fully saturated rings. The molecule has 0 aromatic heterocycles. The van der Waals surface area contributed by atoms with Gasteiger partial charge in [-0.2, -0.15) is 0 Å². The highest BCUT2D eigenvalue weighted by atomic mass is 35.5. The second kappa shape index (κ2) is 9.08. The van der Waals surface area contributed by atoms with E-state index in [1.807, 2.05) is 4.90 Å². The molecule has 29 heavy (non-hydrogen) atoms. The zero-order chi connectivity index (χ0) is 21.2. The zero-order valence-electron chi connectivity index (χ0n) is 17.2. The van der Waals surface area contributed by atoms with Crippen molar-refractivity contribution in [3.63, 3.8) is 0 Å². The fourth-order valence-electron chi connectivity index (χ4n) is 3.65. The number of nitrogens with one attached hydrogen (secondary N) is 2. The van der Waals surface area contributed by atoms with Gasteiger partial charge in [-0.25, -0.2) is 4.79 Å². The Labute approximate surface area is 182 Å². The van der Waals surface area contributed by atoms with Gasteiger partial charge in [0.15, 0.2) is 0 Å². The molecule has 1 aromatic rings. The van der Waals surface area contributed by atoms with E-state index in [0.717, 1.165) is 13.1 Å². The molecule has 0 saturated carbocycles. The third kappa shape index (κ3) is 5.54. The quantitative estimate of drug-likeness (QED) is 0.739. The average molecular weight is 442 g/mol. The molecule has 3 rings (SSSR count). The first-order valence-electron chi connectivity index (χ1n) is 9.93. The van der Waals surface area contributed by atoms with Gasteiger partial charge < -0.3 is 20.4 Å². The lowest BCUT2D eigenvalue weighted by molar-refractivity contribution is -0.136. The fourth-order valence-corrected chi connectivity index (χ4v) is 3.95. The Morgan fingerprint density at radius 3 is 2.31 bits per heavy atom. The molecule has 0 aliphatic carbocycles. The lowest BCUT2D eigenvalue weighted by Gasteiger charge is -2.43. The summed E-state index contributed by atoms with van der Waals surface area (Å²) in [6.45, 7) is 11.0. The molecular formula is C20H29Cl2N5O2. The lowest BCUT2D eigenvalue weighted by Crippen LogP contribution is -2.63. The van der Waals surface area contributed by atoms with Crippen molar-refractivity contribution >= 4 is 40.8 Å². The molecule has 2 aliphatic heterocycles. The van der Waals surface area contributed by atoms with Crippen LogP contribution in [-0.2, 0) is 4.79 Å². The molecule has 1 unspecified atom stereocenters. The highest BCUT2D eigenvalue weighted by Gasteiger charge is 2.34. The van der Waals surface area contributed by atoms with Crippen LogP contribution in [0.1, 0.15) is 20.8 Å². The van der Waals surface area contributed by atoms with Crippen molar-refractivity contribution in [2.45, 2.75) is 32.4 Å². The van der Waals surface area contributed by atoms with Gasteiger partial charge in [-0.05, 0) is 39.0 Å². The lowest BCUT2D eigenvalue weighted by atomic mass is 10.0. The summed E-state index contributed by atoms with van der Waals surface area (Å²) in [6, 6.07) is 4.58. The number of piperazine rings is 2. The number of halogens is 2. The number of rotatable bonds is 2. The van der Waals surface area contributed by atoms with Crippen LogP contribution in [0.5, 0.6) is 0 Å². The highest BCUT2D eigenvalue weighted by molar-refractivity contribution is 6.42. The summed E-state index contributed by atoms with van der Waals surface area (Å²) < 4.78 is 0. The van der Waals surface area contributed by atoms with Crippen LogP contribution in [0.25, 0.3) is 0 Å². The van der Waals surface area contributed by atoms with Crippen LogP contribution in [0.3, 0.4) is 0 Å². The van der Waals surface area contributed by atoms with Gasteiger partial charge in [-0.1, -0.05) is 23.2 Å². The summed E-state index contributed by atoms with van der Waals surface area (Å²) in [5.74, 6) is 0.114. The SMILES string of the molecule is CC(C)(C)N1CCNC(C(=O)N2CCN(C(=O)Nc3ccc(Cl)c(Cl)c3)CC2)C1. The number of hydrogen-bond acceptors (Lipinski definition) is 4. The van der Waals surface area contributed by atoms with Crippen LogP contribution in [-0.4, -0.2) is 84.0 Å². The Hall–Kier alpha value is -1.54. The standard InChI is InChI=1S/C20H29Cl2N5O2/c1-20(2,3)27-7-6-23-17(13-27)18(28)25-8-10-26(11-9-25)19(29)24-14-4-5-15(21)16(22)12-14/h4-5,12,17,23H,6-11,13H2,1-3H3,(H,24,29). The number of carbonyl (C=O) groups excluding carboxylic acids is 2. The van der Waals surface area contributed by atoms with E-state index in [9.17, 15) is 9.59 Å². The van der Waals surface area contributed by atoms with Gasteiger partial charge >= 0.3 is 6.03 Å². The molecule has 0 bridgehead atoms. The molecule has 0 radical (unpaired) electrons. The highest BCUT2D eigenvalue weighted by Crippen LogP contribution is 2.25. The maximum Gasteiger partial charge on any atom is 0.321 e. The van der Waals surface area contributed by atoms with Crippen molar-refractivity contribution in [1.29, 1.82) is 0 Å². The third-order valence-corrected chi connectivity index (χ3v) is 6.21. The minimum atomic E-state index is -0.204. The second-order valence-electron chi connectivity index (χ2n) is 8.49. The van der Waals surface area contributed by atoms with E-state index < -0.39 is 0 Å². The van der Waals surface area contributed by atoms with Gasteiger partial charge in [0.05, 0.1) is 16.1 Å². The van der Waals surface area contributed by atoms with Crippen LogP contribution < -0.4 is 10.6 Å². The number of nitrogens with zero attached hydrogens (tertiary/aromatic N) is 3. The Morgan fingerprint density at radius 1 is 1.03 bits per heavy atom. The average Bonchev–Trinajstić information content (AvgIpc) is 2.70. The van der Waals surface area contributed by atoms with Crippen LogP contribution >= 0.6 is 23.2 Å². The van der Waals surface area contributed by atoms with Gasteiger partial charge in [0, 0.05) is 57.0 Å². The van der Waals surface area contributed by atoms with Crippen molar-refractivity contribution in [3.8, 4) is 0 Å². The van der Waals surface area contributed by atoms with Crippen LogP contribution in [0.4, 0.5) is 10.5 Å². The van der Waals surface area contributed by atoms with Gasteiger partial charge in [0.2, 0.25) is 5.91 Å². The van der Waals surface area contributed by atoms with E-state index in [4.69, 9.17) is 23.2 Å². The van der Waals surface area contributed by atoms with Crippen LogP contribution in [0.15, 0.2) is 18.2 Å². The largest absolute Gasteiger partial charge is 0.338 e. The first-order chi connectivity index (χ1) is 13.6. The van der Waals surface area contributed by atoms with E-state index in [-0.39, 0.29) is 23.5 Å².